The summed E-state index contributed by atoms with van der Waals surface area (Å²) in [5.41, 5.74) is 0.877. The highest BCUT2D eigenvalue weighted by molar-refractivity contribution is 7.89. The summed E-state index contributed by atoms with van der Waals surface area (Å²) >= 11 is 12.1. The first-order valence-electron chi connectivity index (χ1n) is 9.49. The molecular weight excluding hydrogens is 431 g/mol. The predicted octanol–water partition coefficient (Wildman–Crippen LogP) is 4.95. The second kappa shape index (κ2) is 9.04. The van der Waals surface area contributed by atoms with Crippen molar-refractivity contribution in [2.24, 2.45) is 11.8 Å². The second-order valence-electron chi connectivity index (χ2n) is 7.70. The number of carbonyl (C=O) groups is 1. The molecule has 156 valence electrons. The molecule has 2 unspecified atom stereocenters. The lowest BCUT2D eigenvalue weighted by molar-refractivity contribution is 0.101. The smallest absolute Gasteiger partial charge is 0.243 e. The summed E-state index contributed by atoms with van der Waals surface area (Å²) in [5, 5.41) is 3.91. The molecule has 1 heterocycles. The van der Waals surface area contributed by atoms with Gasteiger partial charge in [-0.05, 0) is 48.6 Å². The monoisotopic (exact) mass is 454 g/mol. The molecule has 1 fully saturated rings. The van der Waals surface area contributed by atoms with Gasteiger partial charge in [0, 0.05) is 23.7 Å². The number of benzene rings is 2. The third kappa shape index (κ3) is 5.31. The first kappa shape index (κ1) is 22.1. The van der Waals surface area contributed by atoms with Gasteiger partial charge in [-0.3, -0.25) is 4.79 Å². The number of carbonyl (C=O) groups excluding carboxylic acids is 1. The molecule has 0 radical (unpaired) electrons. The van der Waals surface area contributed by atoms with E-state index in [0.717, 1.165) is 6.42 Å². The van der Waals surface area contributed by atoms with E-state index in [-0.39, 0.29) is 17.2 Å². The van der Waals surface area contributed by atoms with Crippen molar-refractivity contribution in [3.05, 3.63) is 58.1 Å². The number of nitrogens with zero attached hydrogens (tertiary/aromatic N) is 1. The van der Waals surface area contributed by atoms with E-state index in [1.165, 1.54) is 16.4 Å². The Kier molecular flexibility index (Phi) is 6.89. The molecule has 0 bridgehead atoms. The quantitative estimate of drug-likeness (QED) is 0.626. The molecule has 1 aliphatic heterocycles. The molecule has 5 nitrogen and oxygen atoms in total. The van der Waals surface area contributed by atoms with Gasteiger partial charge < -0.3 is 5.32 Å². The van der Waals surface area contributed by atoms with Crippen LogP contribution in [0.1, 0.15) is 30.6 Å². The van der Waals surface area contributed by atoms with Gasteiger partial charge >= 0.3 is 0 Å². The Bertz CT molecular complexity index is 1000. The summed E-state index contributed by atoms with van der Waals surface area (Å²) in [5.74, 6) is 0.383. The molecule has 0 spiro atoms. The molecule has 8 heteroatoms. The van der Waals surface area contributed by atoms with E-state index >= 15 is 0 Å². The van der Waals surface area contributed by atoms with Gasteiger partial charge in [0.2, 0.25) is 10.0 Å². The lowest BCUT2D eigenvalue weighted by Crippen LogP contribution is -2.42. The largest absolute Gasteiger partial charge is 0.376 e. The zero-order valence-electron chi connectivity index (χ0n) is 16.4. The van der Waals surface area contributed by atoms with E-state index in [0.29, 0.717) is 46.2 Å². The summed E-state index contributed by atoms with van der Waals surface area (Å²) in [4.78, 5) is 12.8. The van der Waals surface area contributed by atoms with Crippen molar-refractivity contribution in [1.82, 2.24) is 4.31 Å². The van der Waals surface area contributed by atoms with Gasteiger partial charge in [0.25, 0.3) is 0 Å². The van der Waals surface area contributed by atoms with Gasteiger partial charge in [-0.15, -0.1) is 0 Å². The Morgan fingerprint density at radius 2 is 1.79 bits per heavy atom. The van der Waals surface area contributed by atoms with Crippen molar-refractivity contribution in [1.29, 1.82) is 0 Å². The normalized spacial score (nSPS) is 20.4. The summed E-state index contributed by atoms with van der Waals surface area (Å²) in [6.45, 7) is 5.09. The van der Waals surface area contributed by atoms with Gasteiger partial charge in [-0.2, -0.15) is 4.31 Å². The fourth-order valence-electron chi connectivity index (χ4n) is 3.69. The van der Waals surface area contributed by atoms with Crippen molar-refractivity contribution in [3.8, 4) is 0 Å². The van der Waals surface area contributed by atoms with E-state index in [1.54, 1.807) is 30.3 Å². The molecule has 0 amide bonds. The molecule has 1 saturated heterocycles. The van der Waals surface area contributed by atoms with E-state index in [9.17, 15) is 13.2 Å². The van der Waals surface area contributed by atoms with Gasteiger partial charge in [-0.25, -0.2) is 8.42 Å². The molecule has 0 saturated carbocycles. The van der Waals surface area contributed by atoms with Crippen molar-refractivity contribution in [3.63, 3.8) is 0 Å². The lowest BCUT2D eigenvalue weighted by atomic mass is 9.94. The minimum atomic E-state index is -3.64. The van der Waals surface area contributed by atoms with Crippen LogP contribution in [0.4, 0.5) is 5.69 Å². The number of piperidine rings is 1. The van der Waals surface area contributed by atoms with E-state index in [4.69, 9.17) is 23.2 Å². The van der Waals surface area contributed by atoms with Crippen LogP contribution in [0.25, 0.3) is 0 Å². The number of ketones is 1. The molecule has 3 rings (SSSR count). The maximum atomic E-state index is 13.1. The topological polar surface area (TPSA) is 66.5 Å². The average molecular weight is 455 g/mol. The molecule has 2 aromatic rings. The second-order valence-corrected chi connectivity index (χ2v) is 10.5. The maximum absolute atomic E-state index is 13.1. The van der Waals surface area contributed by atoms with Crippen LogP contribution in [-0.2, 0) is 10.0 Å². The SMILES string of the molecule is CC1CC(C)CN(S(=O)(=O)c2cccc(C(=O)CNc3cc(Cl)ccc3Cl)c2)C1. The molecular formula is C21H24Cl2N2O3S. The van der Waals surface area contributed by atoms with Crippen molar-refractivity contribution in [2.45, 2.75) is 25.2 Å². The highest BCUT2D eigenvalue weighted by atomic mass is 35.5. The van der Waals surface area contributed by atoms with Gasteiger partial charge in [0.1, 0.15) is 0 Å². The number of rotatable bonds is 6. The van der Waals surface area contributed by atoms with Crippen molar-refractivity contribution < 1.29 is 13.2 Å². The lowest BCUT2D eigenvalue weighted by Gasteiger charge is -2.34. The number of nitrogens with one attached hydrogen (secondary N) is 1. The third-order valence-corrected chi connectivity index (χ3v) is 7.39. The highest BCUT2D eigenvalue weighted by Gasteiger charge is 2.31. The fourth-order valence-corrected chi connectivity index (χ4v) is 5.77. The van der Waals surface area contributed by atoms with Crippen LogP contribution >= 0.6 is 23.2 Å². The molecule has 2 atom stereocenters. The van der Waals surface area contributed by atoms with Gasteiger partial charge in [-0.1, -0.05) is 49.2 Å². The van der Waals surface area contributed by atoms with Crippen LogP contribution in [0.5, 0.6) is 0 Å². The fraction of sp³-hybridized carbons (Fsp3) is 0.381. The zero-order valence-corrected chi connectivity index (χ0v) is 18.7. The molecule has 0 aromatic heterocycles. The summed E-state index contributed by atoms with van der Waals surface area (Å²) < 4.78 is 27.7. The highest BCUT2D eigenvalue weighted by Crippen LogP contribution is 2.28. The van der Waals surface area contributed by atoms with E-state index < -0.39 is 10.0 Å². The average Bonchev–Trinajstić information content (AvgIpc) is 2.67. The van der Waals surface area contributed by atoms with E-state index in [1.807, 2.05) is 0 Å². The number of halogens is 2. The Morgan fingerprint density at radius 1 is 1.10 bits per heavy atom. The minimum Gasteiger partial charge on any atom is -0.376 e. The molecule has 0 aliphatic carbocycles. The Labute approximate surface area is 182 Å². The minimum absolute atomic E-state index is 0.0264. The molecule has 29 heavy (non-hydrogen) atoms. The van der Waals surface area contributed by atoms with Crippen molar-refractivity contribution >= 4 is 44.7 Å². The maximum Gasteiger partial charge on any atom is 0.243 e. The van der Waals surface area contributed by atoms with Crippen LogP contribution in [-0.4, -0.2) is 38.1 Å². The number of sulfonamides is 1. The van der Waals surface area contributed by atoms with Crippen LogP contribution in [0.3, 0.4) is 0 Å². The van der Waals surface area contributed by atoms with E-state index in [2.05, 4.69) is 19.2 Å². The Hall–Kier alpha value is -1.60. The Balaban J connectivity index is 1.76. The van der Waals surface area contributed by atoms with Gasteiger partial charge in [0.15, 0.2) is 5.78 Å². The van der Waals surface area contributed by atoms with Crippen LogP contribution < -0.4 is 5.32 Å². The summed E-state index contributed by atoms with van der Waals surface area (Å²) in [7, 11) is -3.64. The number of hydrogen-bond acceptors (Lipinski definition) is 4. The Morgan fingerprint density at radius 3 is 2.48 bits per heavy atom. The number of Topliss-reactive ketones (excluding diaryl/α,β-unsaturated/α-hetero) is 1. The standard InChI is InChI=1S/C21H24Cl2N2O3S/c1-14-8-15(2)13-25(12-14)29(27,28)18-5-3-4-16(9-18)21(26)11-24-20-10-17(22)6-7-19(20)23/h3-7,9-10,14-15,24H,8,11-13H2,1-2H3. The third-order valence-electron chi connectivity index (χ3n) is 5.00. The first-order valence-corrected chi connectivity index (χ1v) is 11.7. The molecule has 1 N–H and O–H groups in total. The molecule has 1 aliphatic rings. The van der Waals surface area contributed by atoms with Crippen LogP contribution in [0, 0.1) is 11.8 Å². The summed E-state index contributed by atoms with van der Waals surface area (Å²) in [6, 6.07) is 11.1. The van der Waals surface area contributed by atoms with Gasteiger partial charge in [0.05, 0.1) is 22.2 Å². The predicted molar refractivity (Wildman–Crippen MR) is 117 cm³/mol. The van der Waals surface area contributed by atoms with Crippen LogP contribution in [0.15, 0.2) is 47.4 Å². The summed E-state index contributed by atoms with van der Waals surface area (Å²) in [6.07, 6.45) is 1.02. The molecule has 2 aromatic carbocycles. The number of hydrogen-bond donors (Lipinski definition) is 1. The first-order chi connectivity index (χ1) is 13.7. The zero-order chi connectivity index (χ0) is 21.2. The van der Waals surface area contributed by atoms with Crippen LogP contribution in [0.2, 0.25) is 10.0 Å². The number of anilines is 1. The van der Waals surface area contributed by atoms with Crippen molar-refractivity contribution in [2.75, 3.05) is 25.0 Å².